The standard InChI is InChI=1S/C19H23FINO2/c1-24-19(23)18-16(13-4-6-14(21)7-5-13)12-15-8-9-17(18)22(15)11-3-2-10-20/h2-7,15-18H,8-12H2,1H3/b3-2+/t15?,16-,17?,18+/m1/s1. The number of rotatable bonds is 5. The number of halogens is 2. The largest absolute Gasteiger partial charge is 0.469 e. The molecule has 2 fully saturated rings. The Labute approximate surface area is 156 Å². The average molecular weight is 443 g/mol. The summed E-state index contributed by atoms with van der Waals surface area (Å²) in [6.45, 7) is 0.279. The van der Waals surface area contributed by atoms with Gasteiger partial charge in [0.15, 0.2) is 0 Å². The number of methoxy groups -OCH3 is 1. The molecule has 0 radical (unpaired) electrons. The van der Waals surface area contributed by atoms with Crippen LogP contribution in [-0.2, 0) is 9.53 Å². The molecule has 5 heteroatoms. The molecule has 2 aliphatic rings. The number of ether oxygens (including phenoxy) is 1. The van der Waals surface area contributed by atoms with E-state index in [2.05, 4.69) is 51.8 Å². The number of alkyl halides is 1. The number of nitrogens with zero attached hydrogens (tertiary/aromatic N) is 1. The summed E-state index contributed by atoms with van der Waals surface area (Å²) in [4.78, 5) is 14.9. The van der Waals surface area contributed by atoms with Crippen LogP contribution in [0.2, 0.25) is 0 Å². The predicted octanol–water partition coefficient (Wildman–Crippen LogP) is 3.93. The molecule has 0 aromatic heterocycles. The van der Waals surface area contributed by atoms with Gasteiger partial charge in [-0.25, -0.2) is 4.39 Å². The highest BCUT2D eigenvalue weighted by Crippen LogP contribution is 2.47. The van der Waals surface area contributed by atoms with Crippen molar-refractivity contribution in [3.63, 3.8) is 0 Å². The Kier molecular flexibility index (Phi) is 5.92. The van der Waals surface area contributed by atoms with E-state index in [1.807, 2.05) is 6.08 Å². The molecule has 2 saturated heterocycles. The molecule has 130 valence electrons. The molecule has 2 unspecified atom stereocenters. The first-order valence-electron chi connectivity index (χ1n) is 8.45. The van der Waals surface area contributed by atoms with Gasteiger partial charge >= 0.3 is 5.97 Å². The highest BCUT2D eigenvalue weighted by molar-refractivity contribution is 14.1. The van der Waals surface area contributed by atoms with Crippen molar-refractivity contribution >= 4 is 28.6 Å². The van der Waals surface area contributed by atoms with Crippen LogP contribution in [0.3, 0.4) is 0 Å². The van der Waals surface area contributed by atoms with E-state index in [1.54, 1.807) is 6.08 Å². The number of fused-ring (bicyclic) bond motifs is 2. The van der Waals surface area contributed by atoms with Gasteiger partial charge in [0, 0.05) is 28.1 Å². The van der Waals surface area contributed by atoms with Crippen LogP contribution in [0.15, 0.2) is 36.4 Å². The molecule has 0 spiro atoms. The lowest BCUT2D eigenvalue weighted by Crippen LogP contribution is -2.50. The molecule has 0 amide bonds. The zero-order chi connectivity index (χ0) is 17.1. The van der Waals surface area contributed by atoms with Crippen LogP contribution in [0.4, 0.5) is 4.39 Å². The van der Waals surface area contributed by atoms with Gasteiger partial charge in [-0.2, -0.15) is 0 Å². The summed E-state index contributed by atoms with van der Waals surface area (Å²) in [6.07, 6.45) is 6.50. The first kappa shape index (κ1) is 17.9. The number of carbonyl (C=O) groups excluding carboxylic acids is 1. The molecule has 3 nitrogen and oxygen atoms in total. The van der Waals surface area contributed by atoms with Crippen molar-refractivity contribution in [3.05, 3.63) is 45.6 Å². The van der Waals surface area contributed by atoms with E-state index in [1.165, 1.54) is 16.2 Å². The lowest BCUT2D eigenvalue weighted by atomic mass is 9.76. The van der Waals surface area contributed by atoms with Crippen LogP contribution >= 0.6 is 22.6 Å². The maximum Gasteiger partial charge on any atom is 0.310 e. The summed E-state index contributed by atoms with van der Waals surface area (Å²) in [6, 6.07) is 9.13. The highest BCUT2D eigenvalue weighted by atomic mass is 127. The number of allylic oxidation sites excluding steroid dienone is 1. The summed E-state index contributed by atoms with van der Waals surface area (Å²) in [7, 11) is 1.47. The number of esters is 1. The van der Waals surface area contributed by atoms with Crippen LogP contribution in [0.25, 0.3) is 0 Å². The molecule has 0 N–H and O–H groups in total. The lowest BCUT2D eigenvalue weighted by molar-refractivity contribution is -0.150. The number of piperidine rings is 1. The van der Waals surface area contributed by atoms with Crippen molar-refractivity contribution in [2.24, 2.45) is 5.92 Å². The van der Waals surface area contributed by atoms with Crippen molar-refractivity contribution in [3.8, 4) is 0 Å². The average Bonchev–Trinajstić information content (AvgIpc) is 2.87. The maximum atomic E-state index is 12.6. The summed E-state index contributed by atoms with van der Waals surface area (Å²) in [5.74, 6) is -0.0655. The van der Waals surface area contributed by atoms with Gasteiger partial charge in [-0.3, -0.25) is 9.69 Å². The van der Waals surface area contributed by atoms with Gasteiger partial charge in [-0.15, -0.1) is 0 Å². The molecule has 0 saturated carbocycles. The molecular weight excluding hydrogens is 420 g/mol. The van der Waals surface area contributed by atoms with Gasteiger partial charge < -0.3 is 4.74 Å². The fourth-order valence-corrected chi connectivity index (χ4v) is 4.73. The van der Waals surface area contributed by atoms with Crippen LogP contribution in [-0.4, -0.2) is 43.3 Å². The Morgan fingerprint density at radius 2 is 2.08 bits per heavy atom. The normalized spacial score (nSPS) is 30.0. The number of benzene rings is 1. The zero-order valence-corrected chi connectivity index (χ0v) is 16.0. The molecule has 2 bridgehead atoms. The third-order valence-corrected chi connectivity index (χ3v) is 6.13. The number of hydrogen-bond acceptors (Lipinski definition) is 3. The predicted molar refractivity (Wildman–Crippen MR) is 101 cm³/mol. The quantitative estimate of drug-likeness (QED) is 0.393. The first-order chi connectivity index (χ1) is 11.7. The maximum absolute atomic E-state index is 12.6. The van der Waals surface area contributed by atoms with Gasteiger partial charge in [-0.05, 0) is 59.5 Å². The minimum absolute atomic E-state index is 0.122. The van der Waals surface area contributed by atoms with Gasteiger partial charge in [0.2, 0.25) is 0 Å². The molecular formula is C19H23FINO2. The number of carbonyl (C=O) groups is 1. The van der Waals surface area contributed by atoms with Crippen molar-refractivity contribution in [2.75, 3.05) is 20.3 Å². The number of hydrogen-bond donors (Lipinski definition) is 0. The van der Waals surface area contributed by atoms with Crippen molar-refractivity contribution in [1.29, 1.82) is 0 Å². The van der Waals surface area contributed by atoms with Crippen LogP contribution in [0.5, 0.6) is 0 Å². The molecule has 1 aromatic carbocycles. The van der Waals surface area contributed by atoms with Crippen LogP contribution in [0, 0.1) is 9.49 Å². The third-order valence-electron chi connectivity index (χ3n) is 5.41. The second kappa shape index (κ2) is 7.95. The van der Waals surface area contributed by atoms with E-state index in [-0.39, 0.29) is 23.8 Å². The Bertz CT molecular complexity index is 604. The third kappa shape index (κ3) is 3.52. The Morgan fingerprint density at radius 1 is 1.33 bits per heavy atom. The molecule has 0 aliphatic carbocycles. The van der Waals surface area contributed by atoms with Gasteiger partial charge in [0.1, 0.15) is 6.67 Å². The van der Waals surface area contributed by atoms with E-state index < -0.39 is 6.67 Å². The van der Waals surface area contributed by atoms with Crippen molar-refractivity contribution in [2.45, 2.75) is 37.3 Å². The fourth-order valence-electron chi connectivity index (χ4n) is 4.37. The van der Waals surface area contributed by atoms with Gasteiger partial charge in [-0.1, -0.05) is 24.3 Å². The van der Waals surface area contributed by atoms with Crippen molar-refractivity contribution < 1.29 is 13.9 Å². The minimum atomic E-state index is -0.436. The van der Waals surface area contributed by atoms with E-state index >= 15 is 0 Å². The molecule has 24 heavy (non-hydrogen) atoms. The molecule has 2 aliphatic heterocycles. The zero-order valence-electron chi connectivity index (χ0n) is 13.8. The molecule has 1 aromatic rings. The van der Waals surface area contributed by atoms with Crippen molar-refractivity contribution in [1.82, 2.24) is 4.90 Å². The van der Waals surface area contributed by atoms with E-state index in [0.29, 0.717) is 12.6 Å². The fraction of sp³-hybridized carbons (Fsp3) is 0.526. The Morgan fingerprint density at radius 3 is 2.75 bits per heavy atom. The minimum Gasteiger partial charge on any atom is -0.469 e. The molecule has 4 atom stereocenters. The molecule has 2 heterocycles. The second-order valence-corrected chi connectivity index (χ2v) is 7.81. The first-order valence-corrected chi connectivity index (χ1v) is 9.53. The van der Waals surface area contributed by atoms with Crippen LogP contribution < -0.4 is 0 Å². The topological polar surface area (TPSA) is 29.5 Å². The summed E-state index contributed by atoms with van der Waals surface area (Å²) >= 11 is 2.30. The lowest BCUT2D eigenvalue weighted by Gasteiger charge is -2.43. The SMILES string of the molecule is COC(=O)[C@@H]1C2CCC(C[C@@H]1c1ccc(I)cc1)N2C/C=C/CF. The Balaban J connectivity index is 1.87. The summed E-state index contributed by atoms with van der Waals surface area (Å²) in [5, 5.41) is 0. The summed E-state index contributed by atoms with van der Waals surface area (Å²) < 4.78 is 18.7. The smallest absolute Gasteiger partial charge is 0.310 e. The second-order valence-electron chi connectivity index (χ2n) is 6.56. The van der Waals surface area contributed by atoms with Crippen LogP contribution in [0.1, 0.15) is 30.7 Å². The van der Waals surface area contributed by atoms with E-state index in [0.717, 1.165) is 19.3 Å². The monoisotopic (exact) mass is 443 g/mol. The highest BCUT2D eigenvalue weighted by Gasteiger charge is 2.50. The van der Waals surface area contributed by atoms with E-state index in [4.69, 9.17) is 4.74 Å². The summed E-state index contributed by atoms with van der Waals surface area (Å²) in [5.41, 5.74) is 1.22. The molecule has 3 rings (SSSR count). The van der Waals surface area contributed by atoms with Gasteiger partial charge in [0.05, 0.1) is 13.0 Å². The Hall–Kier alpha value is -0.950. The van der Waals surface area contributed by atoms with Gasteiger partial charge in [0.25, 0.3) is 0 Å². The van der Waals surface area contributed by atoms with E-state index in [9.17, 15) is 9.18 Å².